The Morgan fingerprint density at radius 3 is 2.50 bits per heavy atom. The van der Waals surface area contributed by atoms with Gasteiger partial charge in [0.25, 0.3) is 0 Å². The predicted octanol–water partition coefficient (Wildman–Crippen LogP) is 5.51. The van der Waals surface area contributed by atoms with E-state index in [-0.39, 0.29) is 17.5 Å². The van der Waals surface area contributed by atoms with Gasteiger partial charge in [-0.25, -0.2) is 14.2 Å². The molecule has 6 nitrogen and oxygen atoms in total. The summed E-state index contributed by atoms with van der Waals surface area (Å²) in [4.78, 5) is 21.3. The van der Waals surface area contributed by atoms with Crippen molar-refractivity contribution in [1.82, 2.24) is 9.97 Å². The molecule has 1 aromatic carbocycles. The van der Waals surface area contributed by atoms with E-state index in [1.807, 2.05) is 24.4 Å². The van der Waals surface area contributed by atoms with Gasteiger partial charge in [0.2, 0.25) is 0 Å². The molecule has 1 saturated carbocycles. The highest BCUT2D eigenvalue weighted by Gasteiger charge is 2.42. The van der Waals surface area contributed by atoms with Crippen LogP contribution in [-0.2, 0) is 11.3 Å². The van der Waals surface area contributed by atoms with E-state index in [4.69, 9.17) is 9.84 Å². The van der Waals surface area contributed by atoms with E-state index in [1.54, 1.807) is 12.1 Å². The second kappa shape index (κ2) is 8.55. The third-order valence-corrected chi connectivity index (χ3v) is 7.58. The molecule has 2 unspecified atom stereocenters. The van der Waals surface area contributed by atoms with E-state index in [0.717, 1.165) is 42.6 Å². The van der Waals surface area contributed by atoms with Crippen LogP contribution in [0.4, 0.5) is 10.2 Å². The minimum absolute atomic E-state index is 0.141. The summed E-state index contributed by atoms with van der Waals surface area (Å²) < 4.78 is 21.1. The van der Waals surface area contributed by atoms with Crippen LogP contribution < -0.4 is 4.90 Å². The number of anilines is 1. The van der Waals surface area contributed by atoms with E-state index in [2.05, 4.69) is 14.9 Å². The van der Waals surface area contributed by atoms with Crippen molar-refractivity contribution >= 4 is 11.8 Å². The maximum Gasteiger partial charge on any atom is 0.337 e. The highest BCUT2D eigenvalue weighted by Crippen LogP contribution is 2.45. The van der Waals surface area contributed by atoms with Gasteiger partial charge in [0.15, 0.2) is 0 Å². The summed E-state index contributed by atoms with van der Waals surface area (Å²) in [6.45, 7) is 0.481. The Kier molecular flexibility index (Phi) is 5.37. The molecule has 2 atom stereocenters. The minimum Gasteiger partial charge on any atom is -0.478 e. The number of carboxylic acid groups (broad SMARTS) is 1. The Balaban J connectivity index is 1.18. The molecule has 34 heavy (non-hydrogen) atoms. The second-order valence-electron chi connectivity index (χ2n) is 9.76. The van der Waals surface area contributed by atoms with Crippen LogP contribution in [0.5, 0.6) is 0 Å². The lowest BCUT2D eigenvalue weighted by atomic mass is 9.98. The number of rotatable bonds is 7. The average Bonchev–Trinajstić information content (AvgIpc) is 3.55. The first-order valence-corrected chi connectivity index (χ1v) is 12.1. The van der Waals surface area contributed by atoms with Crippen LogP contribution in [-0.4, -0.2) is 39.2 Å². The summed E-state index contributed by atoms with van der Waals surface area (Å²) >= 11 is 0. The fourth-order valence-corrected chi connectivity index (χ4v) is 5.78. The number of hydrogen-bond acceptors (Lipinski definition) is 4. The molecule has 2 N–H and O–H groups in total. The van der Waals surface area contributed by atoms with Crippen LogP contribution in [0, 0.1) is 5.82 Å². The van der Waals surface area contributed by atoms with Crippen LogP contribution in [0.15, 0.2) is 48.8 Å². The van der Waals surface area contributed by atoms with Crippen molar-refractivity contribution in [2.24, 2.45) is 0 Å². The maximum absolute atomic E-state index is 14.6. The van der Waals surface area contributed by atoms with Crippen LogP contribution in [0.1, 0.15) is 66.1 Å². The summed E-state index contributed by atoms with van der Waals surface area (Å²) in [7, 11) is 0. The van der Waals surface area contributed by atoms with Crippen molar-refractivity contribution in [3.8, 4) is 11.1 Å². The van der Waals surface area contributed by atoms with E-state index >= 15 is 0 Å². The molecular formula is C27H28FN3O3. The molecule has 3 fully saturated rings. The van der Waals surface area contributed by atoms with E-state index in [1.165, 1.54) is 30.8 Å². The number of aromatic carboxylic acids is 1. The van der Waals surface area contributed by atoms with E-state index in [0.29, 0.717) is 30.2 Å². The zero-order chi connectivity index (χ0) is 23.2. The molecule has 0 radical (unpaired) electrons. The Hall–Kier alpha value is -3.19. The predicted molar refractivity (Wildman–Crippen MR) is 126 cm³/mol. The fourth-order valence-electron chi connectivity index (χ4n) is 5.78. The number of aromatic amines is 1. The second-order valence-corrected chi connectivity index (χ2v) is 9.76. The van der Waals surface area contributed by atoms with Gasteiger partial charge in [-0.05, 0) is 62.6 Å². The Labute approximate surface area is 197 Å². The molecule has 6 rings (SSSR count). The lowest BCUT2D eigenvalue weighted by Gasteiger charge is -2.39. The first kappa shape index (κ1) is 21.4. The summed E-state index contributed by atoms with van der Waals surface area (Å²) in [5.41, 5.74) is 4.02. The van der Waals surface area contributed by atoms with Gasteiger partial charge in [0.1, 0.15) is 11.6 Å². The standard InChI is InChI=1S/C27H28FN3O3/c28-24-4-2-1-3-21(24)22-14-30-26(16-5-6-16)23(22)15-34-20-11-18-8-9-19(12-20)31(18)25-10-7-17(13-29-25)27(32)33/h1-4,7,10,13-14,16,18-20,30H,5-6,8-9,11-12,15H2,(H,32,33). The number of benzene rings is 1. The lowest BCUT2D eigenvalue weighted by molar-refractivity contribution is 0.0149. The van der Waals surface area contributed by atoms with Gasteiger partial charge in [-0.1, -0.05) is 18.2 Å². The number of hydrogen-bond donors (Lipinski definition) is 2. The SMILES string of the molecule is O=C(O)c1ccc(N2C3CCC2CC(OCc2c(-c4ccccc4F)c[nH]c2C2CC2)C3)nc1. The van der Waals surface area contributed by atoms with E-state index < -0.39 is 5.97 Å². The molecule has 0 amide bonds. The van der Waals surface area contributed by atoms with Crippen LogP contribution in [0.3, 0.4) is 0 Å². The number of halogens is 1. The monoisotopic (exact) mass is 461 g/mol. The Morgan fingerprint density at radius 2 is 1.85 bits per heavy atom. The van der Waals surface area contributed by atoms with Crippen molar-refractivity contribution in [1.29, 1.82) is 0 Å². The number of ether oxygens (including phenoxy) is 1. The summed E-state index contributed by atoms with van der Waals surface area (Å²) in [6, 6.07) is 11.1. The number of fused-ring (bicyclic) bond motifs is 2. The maximum atomic E-state index is 14.6. The number of nitrogens with zero attached hydrogens (tertiary/aromatic N) is 2. The first-order valence-electron chi connectivity index (χ1n) is 12.1. The molecule has 2 bridgehead atoms. The topological polar surface area (TPSA) is 78.5 Å². The van der Waals surface area contributed by atoms with Gasteiger partial charge in [-0.2, -0.15) is 0 Å². The summed E-state index contributed by atoms with van der Waals surface area (Å²) in [5, 5.41) is 9.15. The normalized spacial score (nSPS) is 23.9. The smallest absolute Gasteiger partial charge is 0.337 e. The fraction of sp³-hybridized carbons (Fsp3) is 0.407. The van der Waals surface area contributed by atoms with Gasteiger partial charge in [-0.3, -0.25) is 0 Å². The molecule has 2 saturated heterocycles. The van der Waals surface area contributed by atoms with Gasteiger partial charge < -0.3 is 19.7 Å². The lowest BCUT2D eigenvalue weighted by Crippen LogP contribution is -2.46. The average molecular weight is 462 g/mol. The molecule has 0 spiro atoms. The molecule has 3 aliphatic rings. The van der Waals surface area contributed by atoms with Crippen molar-refractivity contribution in [3.63, 3.8) is 0 Å². The van der Waals surface area contributed by atoms with Gasteiger partial charge in [0, 0.05) is 46.9 Å². The van der Waals surface area contributed by atoms with Crippen molar-refractivity contribution in [2.45, 2.75) is 69.2 Å². The number of carbonyl (C=O) groups is 1. The number of pyridine rings is 1. The molecule has 3 aromatic rings. The van der Waals surface area contributed by atoms with Crippen LogP contribution >= 0.6 is 0 Å². The van der Waals surface area contributed by atoms with Crippen molar-refractivity contribution in [3.05, 3.63) is 71.4 Å². The Morgan fingerprint density at radius 1 is 1.09 bits per heavy atom. The first-order chi connectivity index (χ1) is 16.6. The van der Waals surface area contributed by atoms with Gasteiger partial charge >= 0.3 is 5.97 Å². The largest absolute Gasteiger partial charge is 0.478 e. The number of H-pyrrole nitrogens is 1. The molecular weight excluding hydrogens is 433 g/mol. The molecule has 7 heteroatoms. The zero-order valence-electron chi connectivity index (χ0n) is 18.9. The molecule has 4 heterocycles. The van der Waals surface area contributed by atoms with Crippen molar-refractivity contribution in [2.75, 3.05) is 4.90 Å². The summed E-state index contributed by atoms with van der Waals surface area (Å²) in [5.74, 6) is 0.202. The van der Waals surface area contributed by atoms with Crippen LogP contribution in [0.25, 0.3) is 11.1 Å². The quantitative estimate of drug-likeness (QED) is 0.485. The molecule has 176 valence electrons. The zero-order valence-corrected chi connectivity index (χ0v) is 18.9. The Bertz CT molecular complexity index is 1190. The number of aromatic nitrogens is 2. The third kappa shape index (κ3) is 3.88. The number of piperidine rings is 1. The van der Waals surface area contributed by atoms with Gasteiger partial charge in [0.05, 0.1) is 18.3 Å². The van der Waals surface area contributed by atoms with Crippen molar-refractivity contribution < 1.29 is 19.0 Å². The van der Waals surface area contributed by atoms with Gasteiger partial charge in [-0.15, -0.1) is 0 Å². The minimum atomic E-state index is -0.959. The third-order valence-electron chi connectivity index (χ3n) is 7.58. The highest BCUT2D eigenvalue weighted by molar-refractivity contribution is 5.87. The van der Waals surface area contributed by atoms with E-state index in [9.17, 15) is 9.18 Å². The number of carboxylic acids is 1. The molecule has 1 aliphatic carbocycles. The number of nitrogens with one attached hydrogen (secondary N) is 1. The molecule has 2 aliphatic heterocycles. The molecule has 2 aromatic heterocycles. The van der Waals surface area contributed by atoms with Crippen LogP contribution in [0.2, 0.25) is 0 Å². The highest BCUT2D eigenvalue weighted by atomic mass is 19.1. The summed E-state index contributed by atoms with van der Waals surface area (Å²) in [6.07, 6.45) is 9.85.